The summed E-state index contributed by atoms with van der Waals surface area (Å²) >= 11 is 6.07. The van der Waals surface area contributed by atoms with Crippen LogP contribution in [0.15, 0.2) is 18.2 Å². The lowest BCUT2D eigenvalue weighted by molar-refractivity contribution is 0.167. The average molecular weight is 276 g/mol. The van der Waals surface area contributed by atoms with E-state index in [0.717, 1.165) is 42.3 Å². The zero-order valence-electron chi connectivity index (χ0n) is 10.0. The number of halogens is 2. The van der Waals surface area contributed by atoms with Crippen LogP contribution in [0, 0.1) is 0 Å². The largest absolute Gasteiger partial charge is 0.489 e. The van der Waals surface area contributed by atoms with Crippen molar-refractivity contribution in [3.63, 3.8) is 0 Å². The normalized spacial score (nSPS) is 19.5. The van der Waals surface area contributed by atoms with Crippen molar-refractivity contribution in [3.05, 3.63) is 28.8 Å². The highest BCUT2D eigenvalue weighted by molar-refractivity contribution is 6.31. The molecule has 1 saturated heterocycles. The summed E-state index contributed by atoms with van der Waals surface area (Å²) in [5.74, 6) is 0.940. The highest BCUT2D eigenvalue weighted by Crippen LogP contribution is 2.24. The average Bonchev–Trinajstić information content (AvgIpc) is 2.33. The van der Waals surface area contributed by atoms with Gasteiger partial charge in [-0.05, 0) is 49.6 Å². The molecule has 0 aromatic heterocycles. The molecule has 1 N–H and O–H groups in total. The van der Waals surface area contributed by atoms with Gasteiger partial charge in [-0.3, -0.25) is 0 Å². The molecule has 17 heavy (non-hydrogen) atoms. The quantitative estimate of drug-likeness (QED) is 0.913. The van der Waals surface area contributed by atoms with E-state index in [1.165, 1.54) is 6.42 Å². The van der Waals surface area contributed by atoms with Crippen LogP contribution in [-0.2, 0) is 6.42 Å². The van der Waals surface area contributed by atoms with Crippen molar-refractivity contribution >= 4 is 24.0 Å². The first kappa shape index (κ1) is 14.6. The fourth-order valence-corrected chi connectivity index (χ4v) is 2.26. The van der Waals surface area contributed by atoms with Crippen molar-refractivity contribution in [2.24, 2.45) is 0 Å². The molecule has 0 radical (unpaired) electrons. The van der Waals surface area contributed by atoms with Crippen LogP contribution in [0.1, 0.15) is 25.3 Å². The van der Waals surface area contributed by atoms with Crippen LogP contribution in [0.5, 0.6) is 5.75 Å². The molecule has 0 saturated carbocycles. The fraction of sp³-hybridized carbons (Fsp3) is 0.538. The van der Waals surface area contributed by atoms with Gasteiger partial charge < -0.3 is 10.1 Å². The van der Waals surface area contributed by atoms with Gasteiger partial charge in [0.1, 0.15) is 11.9 Å². The molecular weight excluding hydrogens is 257 g/mol. The minimum absolute atomic E-state index is 0. The van der Waals surface area contributed by atoms with Gasteiger partial charge in [-0.25, -0.2) is 0 Å². The van der Waals surface area contributed by atoms with Crippen molar-refractivity contribution in [3.8, 4) is 5.75 Å². The zero-order valence-corrected chi connectivity index (χ0v) is 11.6. The summed E-state index contributed by atoms with van der Waals surface area (Å²) < 4.78 is 5.93. The molecule has 1 aliphatic heterocycles. The van der Waals surface area contributed by atoms with Crippen LogP contribution in [-0.4, -0.2) is 19.2 Å². The van der Waals surface area contributed by atoms with Crippen molar-refractivity contribution in [1.29, 1.82) is 0 Å². The van der Waals surface area contributed by atoms with E-state index in [1.807, 2.05) is 12.1 Å². The highest BCUT2D eigenvalue weighted by Gasteiger charge is 2.14. The number of nitrogens with one attached hydrogen (secondary N) is 1. The number of benzene rings is 1. The molecule has 0 spiro atoms. The molecule has 96 valence electrons. The van der Waals surface area contributed by atoms with E-state index in [9.17, 15) is 0 Å². The third-order valence-corrected chi connectivity index (χ3v) is 3.32. The van der Waals surface area contributed by atoms with E-state index < -0.39 is 0 Å². The summed E-state index contributed by atoms with van der Waals surface area (Å²) in [5.41, 5.74) is 1.16. The Bertz CT molecular complexity index is 351. The lowest BCUT2D eigenvalue weighted by Crippen LogP contribution is -2.37. The van der Waals surface area contributed by atoms with Gasteiger partial charge in [-0.15, -0.1) is 12.4 Å². The Morgan fingerprint density at radius 3 is 2.94 bits per heavy atom. The minimum atomic E-state index is 0. The van der Waals surface area contributed by atoms with E-state index in [2.05, 4.69) is 18.3 Å². The van der Waals surface area contributed by atoms with Gasteiger partial charge in [0.25, 0.3) is 0 Å². The molecule has 1 atom stereocenters. The topological polar surface area (TPSA) is 21.3 Å². The molecular formula is C13H19Cl2NO. The smallest absolute Gasteiger partial charge is 0.120 e. The summed E-state index contributed by atoms with van der Waals surface area (Å²) in [4.78, 5) is 0. The van der Waals surface area contributed by atoms with Gasteiger partial charge in [0.05, 0.1) is 0 Å². The predicted molar refractivity (Wildman–Crippen MR) is 74.6 cm³/mol. The summed E-state index contributed by atoms with van der Waals surface area (Å²) in [6.45, 7) is 4.16. The highest BCUT2D eigenvalue weighted by atomic mass is 35.5. The standard InChI is InChI=1S/C13H18ClNO.ClH/c1-2-10-8-11(5-6-13(10)14)16-12-4-3-7-15-9-12;/h5-6,8,12,15H,2-4,7,9H2,1H3;1H. The Kier molecular flexibility index (Phi) is 6.10. The van der Waals surface area contributed by atoms with E-state index in [1.54, 1.807) is 0 Å². The number of piperidine rings is 1. The van der Waals surface area contributed by atoms with Crippen LogP contribution in [0.3, 0.4) is 0 Å². The van der Waals surface area contributed by atoms with E-state index in [4.69, 9.17) is 16.3 Å². The van der Waals surface area contributed by atoms with Gasteiger partial charge in [0, 0.05) is 11.6 Å². The van der Waals surface area contributed by atoms with Gasteiger partial charge in [0.15, 0.2) is 0 Å². The first-order valence-corrected chi connectivity index (χ1v) is 6.33. The first-order chi connectivity index (χ1) is 7.79. The molecule has 0 aliphatic carbocycles. The molecule has 4 heteroatoms. The summed E-state index contributed by atoms with van der Waals surface area (Å²) in [6.07, 6.45) is 3.58. The molecule has 1 aliphatic rings. The summed E-state index contributed by atoms with van der Waals surface area (Å²) in [6, 6.07) is 5.93. The van der Waals surface area contributed by atoms with Crippen molar-refractivity contribution in [1.82, 2.24) is 5.32 Å². The molecule has 0 bridgehead atoms. The van der Waals surface area contributed by atoms with Crippen molar-refractivity contribution in [2.75, 3.05) is 13.1 Å². The lowest BCUT2D eigenvalue weighted by atomic mass is 10.1. The van der Waals surface area contributed by atoms with Crippen LogP contribution >= 0.6 is 24.0 Å². The monoisotopic (exact) mass is 275 g/mol. The molecule has 1 aromatic carbocycles. The van der Waals surface area contributed by atoms with E-state index in [0.29, 0.717) is 6.10 Å². The van der Waals surface area contributed by atoms with Crippen LogP contribution < -0.4 is 10.1 Å². The fourth-order valence-electron chi connectivity index (χ4n) is 2.01. The summed E-state index contributed by atoms with van der Waals surface area (Å²) in [7, 11) is 0. The zero-order chi connectivity index (χ0) is 11.4. The lowest BCUT2D eigenvalue weighted by Gasteiger charge is -2.24. The predicted octanol–water partition coefficient (Wildman–Crippen LogP) is 3.46. The Morgan fingerprint density at radius 2 is 2.29 bits per heavy atom. The van der Waals surface area contributed by atoms with Crippen LogP contribution in [0.2, 0.25) is 5.02 Å². The van der Waals surface area contributed by atoms with Gasteiger partial charge in [-0.1, -0.05) is 18.5 Å². The molecule has 1 fully saturated rings. The molecule has 2 nitrogen and oxygen atoms in total. The van der Waals surface area contributed by atoms with Crippen molar-refractivity contribution in [2.45, 2.75) is 32.3 Å². The number of rotatable bonds is 3. The molecule has 1 unspecified atom stereocenters. The molecule has 0 amide bonds. The van der Waals surface area contributed by atoms with Gasteiger partial charge in [0.2, 0.25) is 0 Å². The number of ether oxygens (including phenoxy) is 1. The maximum absolute atomic E-state index is 6.07. The maximum Gasteiger partial charge on any atom is 0.120 e. The Hall–Kier alpha value is -0.440. The molecule has 1 aromatic rings. The third-order valence-electron chi connectivity index (χ3n) is 2.95. The van der Waals surface area contributed by atoms with E-state index in [-0.39, 0.29) is 12.4 Å². The number of hydrogen-bond acceptors (Lipinski definition) is 2. The minimum Gasteiger partial charge on any atom is -0.489 e. The SMILES string of the molecule is CCc1cc(OC2CCCNC2)ccc1Cl.Cl. The molecule has 1 heterocycles. The second-order valence-corrected chi connectivity index (χ2v) is 4.60. The Balaban J connectivity index is 0.00000144. The third kappa shape index (κ3) is 4.06. The van der Waals surface area contributed by atoms with Crippen LogP contribution in [0.25, 0.3) is 0 Å². The first-order valence-electron chi connectivity index (χ1n) is 5.95. The van der Waals surface area contributed by atoms with Crippen molar-refractivity contribution < 1.29 is 4.74 Å². The maximum atomic E-state index is 6.07. The molecule has 2 rings (SSSR count). The number of aryl methyl sites for hydroxylation is 1. The van der Waals surface area contributed by atoms with E-state index >= 15 is 0 Å². The second kappa shape index (κ2) is 7.10. The van der Waals surface area contributed by atoms with Gasteiger partial charge >= 0.3 is 0 Å². The van der Waals surface area contributed by atoms with Crippen LogP contribution in [0.4, 0.5) is 0 Å². The summed E-state index contributed by atoms with van der Waals surface area (Å²) in [5, 5.41) is 4.17. The second-order valence-electron chi connectivity index (χ2n) is 4.19. The van der Waals surface area contributed by atoms with Gasteiger partial charge in [-0.2, -0.15) is 0 Å². The number of hydrogen-bond donors (Lipinski definition) is 1. The Morgan fingerprint density at radius 1 is 1.47 bits per heavy atom. The Labute approximate surface area is 114 Å².